The molecule has 1 rings (SSSR count). The molecular weight excluding hydrogens is 160 g/mol. The summed E-state index contributed by atoms with van der Waals surface area (Å²) in [6, 6.07) is 0.810. The third-order valence-corrected chi connectivity index (χ3v) is 3.11. The Balaban J connectivity index is 2.38. The molecule has 0 aromatic heterocycles. The van der Waals surface area contributed by atoms with Gasteiger partial charge in [-0.25, -0.2) is 0 Å². The van der Waals surface area contributed by atoms with E-state index in [1.54, 1.807) is 0 Å². The van der Waals surface area contributed by atoms with E-state index >= 15 is 0 Å². The van der Waals surface area contributed by atoms with E-state index in [0.29, 0.717) is 0 Å². The monoisotopic (exact) mass is 184 g/mol. The van der Waals surface area contributed by atoms with Gasteiger partial charge in [-0.1, -0.05) is 20.8 Å². The molecular formula is C11H24N2. The van der Waals surface area contributed by atoms with Gasteiger partial charge in [0.25, 0.3) is 0 Å². The SMILES string of the molecule is CCCN1CCN(CC)C(CC)C1. The van der Waals surface area contributed by atoms with Gasteiger partial charge >= 0.3 is 0 Å². The third kappa shape index (κ3) is 2.96. The smallest absolute Gasteiger partial charge is 0.0220 e. The molecule has 1 heterocycles. The molecule has 0 aromatic rings. The highest BCUT2D eigenvalue weighted by molar-refractivity contribution is 4.80. The lowest BCUT2D eigenvalue weighted by molar-refractivity contribution is 0.0766. The van der Waals surface area contributed by atoms with E-state index in [1.807, 2.05) is 0 Å². The molecule has 0 bridgehead atoms. The van der Waals surface area contributed by atoms with Gasteiger partial charge in [0.05, 0.1) is 0 Å². The van der Waals surface area contributed by atoms with Crippen LogP contribution in [-0.4, -0.2) is 48.6 Å². The fourth-order valence-corrected chi connectivity index (χ4v) is 2.28. The zero-order chi connectivity index (χ0) is 9.68. The molecule has 1 atom stereocenters. The van der Waals surface area contributed by atoms with Crippen molar-refractivity contribution in [3.8, 4) is 0 Å². The van der Waals surface area contributed by atoms with Crippen molar-refractivity contribution in [3.05, 3.63) is 0 Å². The summed E-state index contributed by atoms with van der Waals surface area (Å²) in [6.45, 7) is 13.2. The molecule has 1 aliphatic rings. The van der Waals surface area contributed by atoms with Crippen molar-refractivity contribution in [2.24, 2.45) is 0 Å². The molecule has 1 unspecified atom stereocenters. The van der Waals surface area contributed by atoms with Gasteiger partial charge < -0.3 is 4.90 Å². The van der Waals surface area contributed by atoms with E-state index in [2.05, 4.69) is 30.6 Å². The zero-order valence-electron chi connectivity index (χ0n) is 9.42. The molecule has 1 saturated heterocycles. The first kappa shape index (κ1) is 11.0. The van der Waals surface area contributed by atoms with Gasteiger partial charge in [0, 0.05) is 25.7 Å². The van der Waals surface area contributed by atoms with Gasteiger partial charge in [0.1, 0.15) is 0 Å². The minimum atomic E-state index is 0.810. The second-order valence-electron chi connectivity index (χ2n) is 3.99. The molecule has 0 aliphatic carbocycles. The summed E-state index contributed by atoms with van der Waals surface area (Å²) in [5, 5.41) is 0. The lowest BCUT2D eigenvalue weighted by Gasteiger charge is -2.40. The Morgan fingerprint density at radius 2 is 1.92 bits per heavy atom. The van der Waals surface area contributed by atoms with E-state index in [4.69, 9.17) is 0 Å². The fraction of sp³-hybridized carbons (Fsp3) is 1.00. The summed E-state index contributed by atoms with van der Waals surface area (Å²) in [7, 11) is 0. The van der Waals surface area contributed by atoms with Crippen molar-refractivity contribution in [2.75, 3.05) is 32.7 Å². The molecule has 0 saturated carbocycles. The summed E-state index contributed by atoms with van der Waals surface area (Å²) >= 11 is 0. The molecule has 13 heavy (non-hydrogen) atoms. The Bertz CT molecular complexity index is 136. The van der Waals surface area contributed by atoms with Crippen molar-refractivity contribution >= 4 is 0 Å². The van der Waals surface area contributed by atoms with Crippen molar-refractivity contribution in [3.63, 3.8) is 0 Å². The number of nitrogens with zero attached hydrogens (tertiary/aromatic N) is 2. The second-order valence-corrected chi connectivity index (χ2v) is 3.99. The minimum Gasteiger partial charge on any atom is -0.301 e. The van der Waals surface area contributed by atoms with Gasteiger partial charge in [0.2, 0.25) is 0 Å². The summed E-state index contributed by atoms with van der Waals surface area (Å²) in [5.74, 6) is 0. The van der Waals surface area contributed by atoms with Crippen LogP contribution in [0.2, 0.25) is 0 Å². The van der Waals surface area contributed by atoms with Gasteiger partial charge in [-0.05, 0) is 25.9 Å². The van der Waals surface area contributed by atoms with Crippen LogP contribution in [0, 0.1) is 0 Å². The fourth-order valence-electron chi connectivity index (χ4n) is 2.28. The molecule has 0 spiro atoms. The van der Waals surface area contributed by atoms with Crippen molar-refractivity contribution in [2.45, 2.75) is 39.7 Å². The maximum Gasteiger partial charge on any atom is 0.0220 e. The first-order valence-corrected chi connectivity index (χ1v) is 5.78. The van der Waals surface area contributed by atoms with Crippen LogP contribution in [0.5, 0.6) is 0 Å². The second kappa shape index (κ2) is 5.61. The van der Waals surface area contributed by atoms with Crippen LogP contribution >= 0.6 is 0 Å². The topological polar surface area (TPSA) is 6.48 Å². The van der Waals surface area contributed by atoms with Crippen LogP contribution in [0.15, 0.2) is 0 Å². The highest BCUT2D eigenvalue weighted by Gasteiger charge is 2.23. The van der Waals surface area contributed by atoms with Crippen LogP contribution in [-0.2, 0) is 0 Å². The standard InChI is InChI=1S/C11H24N2/c1-4-7-12-8-9-13(6-3)11(5-2)10-12/h11H,4-10H2,1-3H3. The first-order valence-electron chi connectivity index (χ1n) is 5.78. The lowest BCUT2D eigenvalue weighted by atomic mass is 10.1. The summed E-state index contributed by atoms with van der Waals surface area (Å²) < 4.78 is 0. The van der Waals surface area contributed by atoms with Gasteiger partial charge in [-0.2, -0.15) is 0 Å². The Morgan fingerprint density at radius 3 is 2.46 bits per heavy atom. The van der Waals surface area contributed by atoms with Crippen molar-refractivity contribution < 1.29 is 0 Å². The summed E-state index contributed by atoms with van der Waals surface area (Å²) in [6.07, 6.45) is 2.59. The van der Waals surface area contributed by atoms with Crippen molar-refractivity contribution in [1.82, 2.24) is 9.80 Å². The van der Waals surface area contributed by atoms with Gasteiger partial charge in [-0.15, -0.1) is 0 Å². The Labute approximate surface area is 82.9 Å². The van der Waals surface area contributed by atoms with Crippen LogP contribution in [0.25, 0.3) is 0 Å². The van der Waals surface area contributed by atoms with E-state index in [9.17, 15) is 0 Å². The largest absolute Gasteiger partial charge is 0.301 e. The molecule has 2 heteroatoms. The summed E-state index contributed by atoms with van der Waals surface area (Å²) in [5.41, 5.74) is 0. The molecule has 0 amide bonds. The molecule has 1 fully saturated rings. The highest BCUT2D eigenvalue weighted by Crippen LogP contribution is 2.12. The minimum absolute atomic E-state index is 0.810. The lowest BCUT2D eigenvalue weighted by Crippen LogP contribution is -2.52. The van der Waals surface area contributed by atoms with Crippen LogP contribution < -0.4 is 0 Å². The number of piperazine rings is 1. The molecule has 0 N–H and O–H groups in total. The summed E-state index contributed by atoms with van der Waals surface area (Å²) in [4.78, 5) is 5.23. The Kier molecular flexibility index (Phi) is 4.74. The average molecular weight is 184 g/mol. The van der Waals surface area contributed by atoms with E-state index in [-0.39, 0.29) is 0 Å². The quantitative estimate of drug-likeness (QED) is 0.657. The van der Waals surface area contributed by atoms with Crippen LogP contribution in [0.3, 0.4) is 0 Å². The van der Waals surface area contributed by atoms with Crippen LogP contribution in [0.1, 0.15) is 33.6 Å². The average Bonchev–Trinajstić information content (AvgIpc) is 2.18. The van der Waals surface area contributed by atoms with Gasteiger partial charge in [0.15, 0.2) is 0 Å². The maximum atomic E-state index is 2.62. The molecule has 0 aromatic carbocycles. The zero-order valence-corrected chi connectivity index (χ0v) is 9.42. The third-order valence-electron chi connectivity index (χ3n) is 3.11. The Hall–Kier alpha value is -0.0800. The van der Waals surface area contributed by atoms with Crippen LogP contribution in [0.4, 0.5) is 0 Å². The number of hydrogen-bond acceptors (Lipinski definition) is 2. The number of rotatable bonds is 4. The molecule has 0 radical (unpaired) electrons. The number of hydrogen-bond donors (Lipinski definition) is 0. The predicted molar refractivity (Wildman–Crippen MR) is 58.1 cm³/mol. The van der Waals surface area contributed by atoms with Crippen molar-refractivity contribution in [1.29, 1.82) is 0 Å². The van der Waals surface area contributed by atoms with Gasteiger partial charge in [-0.3, -0.25) is 4.90 Å². The molecule has 1 aliphatic heterocycles. The first-order chi connectivity index (χ1) is 6.31. The Morgan fingerprint density at radius 1 is 1.15 bits per heavy atom. The highest BCUT2D eigenvalue weighted by atomic mass is 15.3. The molecule has 2 nitrogen and oxygen atoms in total. The molecule has 78 valence electrons. The normalized spacial score (nSPS) is 26.5. The van der Waals surface area contributed by atoms with E-state index in [1.165, 1.54) is 45.6 Å². The number of likely N-dealkylation sites (N-methyl/N-ethyl adjacent to an activating group) is 1. The maximum absolute atomic E-state index is 2.62. The van der Waals surface area contributed by atoms with E-state index < -0.39 is 0 Å². The predicted octanol–water partition coefficient (Wildman–Crippen LogP) is 1.81. The van der Waals surface area contributed by atoms with E-state index in [0.717, 1.165) is 6.04 Å².